The number of hydrogen-bond donors (Lipinski definition) is 1. The van der Waals surface area contributed by atoms with Crippen LogP contribution in [0.15, 0.2) is 24.3 Å². The second kappa shape index (κ2) is 5.54. The third kappa shape index (κ3) is 4.24. The summed E-state index contributed by atoms with van der Waals surface area (Å²) in [5, 5.41) is 3.62. The summed E-state index contributed by atoms with van der Waals surface area (Å²) in [6, 6.07) is 9.11. The molecule has 0 aromatic heterocycles. The summed E-state index contributed by atoms with van der Waals surface area (Å²) in [6.45, 7) is 11.1. The van der Waals surface area contributed by atoms with Crippen molar-refractivity contribution in [3.8, 4) is 5.75 Å². The van der Waals surface area contributed by atoms with Crippen LogP contribution in [0, 0.1) is 0 Å². The van der Waals surface area contributed by atoms with Crippen LogP contribution in [0.2, 0.25) is 0 Å². The zero-order chi connectivity index (χ0) is 14.0. The molecular weight excluding hydrogens is 234 g/mol. The number of benzene rings is 1. The van der Waals surface area contributed by atoms with E-state index < -0.39 is 0 Å². The van der Waals surface area contributed by atoms with Gasteiger partial charge in [-0.1, -0.05) is 26.0 Å². The highest BCUT2D eigenvalue weighted by molar-refractivity contribution is 5.30. The van der Waals surface area contributed by atoms with Crippen LogP contribution in [-0.4, -0.2) is 17.7 Å². The van der Waals surface area contributed by atoms with E-state index in [0.717, 1.165) is 18.6 Å². The molecule has 0 radical (unpaired) electrons. The van der Waals surface area contributed by atoms with Crippen LogP contribution in [0.5, 0.6) is 5.75 Å². The molecule has 0 spiro atoms. The molecule has 0 amide bonds. The van der Waals surface area contributed by atoms with Gasteiger partial charge in [0.05, 0.1) is 0 Å². The summed E-state index contributed by atoms with van der Waals surface area (Å²) in [5.74, 6) is 1.57. The highest BCUT2D eigenvalue weighted by Gasteiger charge is 2.33. The van der Waals surface area contributed by atoms with Crippen LogP contribution in [0.1, 0.15) is 58.9 Å². The predicted molar refractivity (Wildman–Crippen MR) is 80.9 cm³/mol. The van der Waals surface area contributed by atoms with Gasteiger partial charge in [-0.2, -0.15) is 0 Å². The smallest absolute Gasteiger partial charge is 0.120 e. The molecule has 1 aliphatic carbocycles. The maximum absolute atomic E-state index is 6.05. The van der Waals surface area contributed by atoms with Gasteiger partial charge in [-0.3, -0.25) is 0 Å². The van der Waals surface area contributed by atoms with Crippen LogP contribution in [0.25, 0.3) is 0 Å². The van der Waals surface area contributed by atoms with Crippen LogP contribution in [0.3, 0.4) is 0 Å². The van der Waals surface area contributed by atoms with Gasteiger partial charge in [-0.15, -0.1) is 0 Å². The summed E-state index contributed by atoms with van der Waals surface area (Å²) < 4.78 is 6.05. The van der Waals surface area contributed by atoms with Crippen molar-refractivity contribution in [2.45, 2.75) is 71.1 Å². The van der Waals surface area contributed by atoms with E-state index in [1.165, 1.54) is 5.56 Å². The van der Waals surface area contributed by atoms with Gasteiger partial charge in [-0.05, 0) is 57.2 Å². The lowest BCUT2D eigenvalue weighted by molar-refractivity contribution is 0.0733. The Kier molecular flexibility index (Phi) is 4.19. The van der Waals surface area contributed by atoms with Crippen LogP contribution >= 0.6 is 0 Å². The standard InChI is InChI=1S/C17H27NO/c1-12(2)13-7-6-8-15(9-13)19-16-10-14(11-16)18-17(3,4)5/h6-9,12,14,16,18H,10-11H2,1-5H3/t14-,16-. The van der Waals surface area contributed by atoms with Crippen molar-refractivity contribution in [2.24, 2.45) is 0 Å². The first-order valence-electron chi connectivity index (χ1n) is 7.38. The minimum absolute atomic E-state index is 0.202. The molecule has 1 aromatic carbocycles. The second-order valence-electron chi connectivity index (χ2n) is 7.03. The van der Waals surface area contributed by atoms with Crippen molar-refractivity contribution in [3.05, 3.63) is 29.8 Å². The minimum Gasteiger partial charge on any atom is -0.490 e. The topological polar surface area (TPSA) is 21.3 Å². The SMILES string of the molecule is CC(C)c1cccc(O[C@H]2C[C@H](NC(C)(C)C)C2)c1. The molecule has 0 bridgehead atoms. The summed E-state index contributed by atoms with van der Waals surface area (Å²) in [7, 11) is 0. The monoisotopic (exact) mass is 261 g/mol. The van der Waals surface area contributed by atoms with Gasteiger partial charge in [0, 0.05) is 11.6 Å². The van der Waals surface area contributed by atoms with Crippen molar-refractivity contribution in [3.63, 3.8) is 0 Å². The first-order valence-corrected chi connectivity index (χ1v) is 7.38. The molecule has 0 saturated heterocycles. The van der Waals surface area contributed by atoms with Gasteiger partial charge in [0.15, 0.2) is 0 Å². The molecule has 106 valence electrons. The van der Waals surface area contributed by atoms with E-state index in [4.69, 9.17) is 4.74 Å². The fourth-order valence-electron chi connectivity index (χ4n) is 2.53. The van der Waals surface area contributed by atoms with E-state index >= 15 is 0 Å². The molecule has 0 unspecified atom stereocenters. The zero-order valence-corrected chi connectivity index (χ0v) is 12.9. The number of ether oxygens (including phenoxy) is 1. The quantitative estimate of drug-likeness (QED) is 0.880. The summed E-state index contributed by atoms with van der Waals surface area (Å²) >= 11 is 0. The number of hydrogen-bond acceptors (Lipinski definition) is 2. The molecule has 1 N–H and O–H groups in total. The Morgan fingerprint density at radius 2 is 1.89 bits per heavy atom. The molecule has 0 aliphatic heterocycles. The third-order valence-electron chi connectivity index (χ3n) is 3.56. The Morgan fingerprint density at radius 1 is 1.21 bits per heavy atom. The summed E-state index contributed by atoms with van der Waals surface area (Å²) in [5.41, 5.74) is 1.55. The first-order chi connectivity index (χ1) is 8.83. The van der Waals surface area contributed by atoms with E-state index in [9.17, 15) is 0 Å². The Hall–Kier alpha value is -1.02. The third-order valence-corrected chi connectivity index (χ3v) is 3.56. The summed E-state index contributed by atoms with van der Waals surface area (Å²) in [4.78, 5) is 0. The van der Waals surface area contributed by atoms with Crippen LogP contribution in [0.4, 0.5) is 0 Å². The van der Waals surface area contributed by atoms with E-state index in [1.54, 1.807) is 0 Å². The van der Waals surface area contributed by atoms with Gasteiger partial charge in [0.25, 0.3) is 0 Å². The lowest BCUT2D eigenvalue weighted by Gasteiger charge is -2.40. The van der Waals surface area contributed by atoms with E-state index in [0.29, 0.717) is 18.1 Å². The highest BCUT2D eigenvalue weighted by Crippen LogP contribution is 2.28. The van der Waals surface area contributed by atoms with Gasteiger partial charge < -0.3 is 10.1 Å². The van der Waals surface area contributed by atoms with Gasteiger partial charge >= 0.3 is 0 Å². The fourth-order valence-corrected chi connectivity index (χ4v) is 2.53. The highest BCUT2D eigenvalue weighted by atomic mass is 16.5. The molecule has 2 heteroatoms. The zero-order valence-electron chi connectivity index (χ0n) is 12.9. The summed E-state index contributed by atoms with van der Waals surface area (Å²) in [6.07, 6.45) is 2.61. The Morgan fingerprint density at radius 3 is 2.47 bits per heavy atom. The maximum Gasteiger partial charge on any atom is 0.120 e. The predicted octanol–water partition coefficient (Wildman–Crippen LogP) is 4.11. The lowest BCUT2D eigenvalue weighted by Crippen LogP contribution is -2.53. The van der Waals surface area contributed by atoms with Crippen LogP contribution in [-0.2, 0) is 0 Å². The number of rotatable bonds is 4. The van der Waals surface area contributed by atoms with Crippen LogP contribution < -0.4 is 10.1 Å². The second-order valence-corrected chi connectivity index (χ2v) is 7.03. The average molecular weight is 261 g/mol. The van der Waals surface area contributed by atoms with Crippen molar-refractivity contribution in [1.82, 2.24) is 5.32 Å². The lowest BCUT2D eigenvalue weighted by atomic mass is 9.87. The van der Waals surface area contributed by atoms with E-state index in [-0.39, 0.29) is 5.54 Å². The first kappa shape index (κ1) is 14.4. The molecular formula is C17H27NO. The molecule has 0 atom stereocenters. The molecule has 1 aromatic rings. The van der Waals surface area contributed by atoms with E-state index in [1.807, 2.05) is 0 Å². The maximum atomic E-state index is 6.05. The van der Waals surface area contributed by atoms with E-state index in [2.05, 4.69) is 64.2 Å². The van der Waals surface area contributed by atoms with Crippen molar-refractivity contribution < 1.29 is 4.74 Å². The fraction of sp³-hybridized carbons (Fsp3) is 0.647. The van der Waals surface area contributed by atoms with Crippen molar-refractivity contribution in [1.29, 1.82) is 0 Å². The van der Waals surface area contributed by atoms with Crippen molar-refractivity contribution in [2.75, 3.05) is 0 Å². The normalized spacial score (nSPS) is 23.3. The molecule has 1 saturated carbocycles. The molecule has 0 heterocycles. The molecule has 1 fully saturated rings. The Bertz CT molecular complexity index is 414. The van der Waals surface area contributed by atoms with Gasteiger partial charge in [0.2, 0.25) is 0 Å². The number of nitrogens with one attached hydrogen (secondary N) is 1. The Labute approximate surface area is 117 Å². The minimum atomic E-state index is 0.202. The molecule has 2 nitrogen and oxygen atoms in total. The molecule has 19 heavy (non-hydrogen) atoms. The van der Waals surface area contributed by atoms with Crippen molar-refractivity contribution >= 4 is 0 Å². The molecule has 1 aliphatic rings. The largest absolute Gasteiger partial charge is 0.490 e. The average Bonchev–Trinajstić information content (AvgIpc) is 2.25. The van der Waals surface area contributed by atoms with Gasteiger partial charge in [0.1, 0.15) is 11.9 Å². The van der Waals surface area contributed by atoms with Gasteiger partial charge in [-0.25, -0.2) is 0 Å². The Balaban J connectivity index is 1.83. The molecule has 2 rings (SSSR count).